The highest BCUT2D eigenvalue weighted by Crippen LogP contribution is 2.55. The fraction of sp³-hybridized carbons (Fsp3) is 0.759. The summed E-state index contributed by atoms with van der Waals surface area (Å²) in [5, 5.41) is 11.1. The van der Waals surface area contributed by atoms with Crippen molar-refractivity contribution in [2.24, 2.45) is 16.7 Å². The van der Waals surface area contributed by atoms with E-state index in [0.717, 1.165) is 36.1 Å². The predicted molar refractivity (Wildman–Crippen MR) is 143 cm³/mol. The number of phenols is 1. The van der Waals surface area contributed by atoms with Crippen LogP contribution in [0.5, 0.6) is 11.5 Å². The molecule has 1 aliphatic heterocycles. The van der Waals surface area contributed by atoms with Crippen LogP contribution in [-0.2, 0) is 10.2 Å². The summed E-state index contributed by atoms with van der Waals surface area (Å²) in [5.74, 6) is 1.69. The quantitative estimate of drug-likeness (QED) is 0.408. The molecule has 0 saturated heterocycles. The summed E-state index contributed by atoms with van der Waals surface area (Å²) < 4.78 is 6.50. The van der Waals surface area contributed by atoms with Crippen molar-refractivity contribution in [2.75, 3.05) is 6.26 Å². The second-order valence-corrected chi connectivity index (χ2v) is 13.0. The van der Waals surface area contributed by atoms with E-state index in [1.54, 1.807) is 6.26 Å². The van der Waals surface area contributed by atoms with Crippen molar-refractivity contribution in [3.05, 3.63) is 23.3 Å². The average Bonchev–Trinajstić information content (AvgIpc) is 2.66. The summed E-state index contributed by atoms with van der Waals surface area (Å²) in [7, 11) is 0. The van der Waals surface area contributed by atoms with Gasteiger partial charge in [0.05, 0.1) is 0 Å². The molecule has 0 spiro atoms. The first kappa shape index (κ1) is 28.1. The standard InChI is InChI=1S/C28H44O3.CH4S/c1-10-25(2,3)16-26(4,5)17-27(6,7)18-13-22(30)24-20-15-19(29)11-12-21(20)28(8,9)31-23(24)14-18;1-2/h13-14,20-21,30H,10-12,15-17H2,1-9H3;2H,1H3/t20?,21-;/m1./s1. The minimum atomic E-state index is -0.335. The zero-order chi connectivity index (χ0) is 25.4. The Morgan fingerprint density at radius 3 is 2.24 bits per heavy atom. The lowest BCUT2D eigenvalue weighted by Crippen LogP contribution is -2.47. The van der Waals surface area contributed by atoms with Gasteiger partial charge in [-0.2, -0.15) is 12.6 Å². The molecule has 2 atom stereocenters. The monoisotopic (exact) mass is 476 g/mol. The molecule has 0 bridgehead atoms. The van der Waals surface area contributed by atoms with Gasteiger partial charge in [-0.05, 0) is 73.3 Å². The number of thiol groups is 1. The van der Waals surface area contributed by atoms with Gasteiger partial charge in [0.1, 0.15) is 22.9 Å². The minimum absolute atomic E-state index is 0.0546. The number of carbonyl (C=O) groups is 1. The molecule has 1 fully saturated rings. The molecule has 1 saturated carbocycles. The Hall–Kier alpha value is -1.16. The molecule has 3 nitrogen and oxygen atoms in total. The van der Waals surface area contributed by atoms with E-state index >= 15 is 0 Å². The number of carbonyl (C=O) groups excluding carboxylic acids is 1. The SMILES string of the molecule is CCC(C)(C)CC(C)(C)CC(C)(C)c1cc(O)c2c(c1)OC(C)(C)[C@@H]1CCC(=O)CC21.CS. The van der Waals surface area contributed by atoms with Crippen LogP contribution < -0.4 is 4.74 Å². The van der Waals surface area contributed by atoms with E-state index in [-0.39, 0.29) is 28.3 Å². The van der Waals surface area contributed by atoms with Gasteiger partial charge >= 0.3 is 0 Å². The molecule has 1 aromatic rings. The van der Waals surface area contributed by atoms with E-state index in [0.29, 0.717) is 29.8 Å². The molecule has 1 aliphatic carbocycles. The molecular formula is C29H48O3S. The Labute approximate surface area is 208 Å². The van der Waals surface area contributed by atoms with Gasteiger partial charge in [-0.1, -0.05) is 54.9 Å². The summed E-state index contributed by atoms with van der Waals surface area (Å²) in [5.41, 5.74) is 2.01. The largest absolute Gasteiger partial charge is 0.508 e. The second kappa shape index (κ2) is 9.84. The van der Waals surface area contributed by atoms with Crippen LogP contribution >= 0.6 is 12.6 Å². The Morgan fingerprint density at radius 1 is 1.06 bits per heavy atom. The number of Topliss-reactive ketones (excluding diaryl/α,β-unsaturated/α-hetero) is 1. The van der Waals surface area contributed by atoms with Crippen LogP contribution in [0.3, 0.4) is 0 Å². The number of rotatable bonds is 6. The number of fused-ring (bicyclic) bond motifs is 3. The maximum Gasteiger partial charge on any atom is 0.133 e. The highest BCUT2D eigenvalue weighted by Gasteiger charge is 2.48. The van der Waals surface area contributed by atoms with Crippen LogP contribution in [0.25, 0.3) is 0 Å². The molecule has 0 amide bonds. The van der Waals surface area contributed by atoms with Crippen LogP contribution in [-0.4, -0.2) is 22.7 Å². The first-order chi connectivity index (χ1) is 15.1. The van der Waals surface area contributed by atoms with E-state index < -0.39 is 0 Å². The Kier molecular flexibility index (Phi) is 8.37. The van der Waals surface area contributed by atoms with Gasteiger partial charge in [-0.25, -0.2) is 0 Å². The Bertz CT molecular complexity index is 851. The fourth-order valence-electron chi connectivity index (χ4n) is 6.74. The zero-order valence-corrected chi connectivity index (χ0v) is 23.7. The number of phenolic OH excluding ortho intramolecular Hbond substituents is 1. The van der Waals surface area contributed by atoms with Gasteiger partial charge in [-0.3, -0.25) is 4.79 Å². The highest BCUT2D eigenvalue weighted by molar-refractivity contribution is 7.79. The molecule has 3 rings (SSSR count). The second-order valence-electron chi connectivity index (χ2n) is 13.0. The molecule has 1 heterocycles. The highest BCUT2D eigenvalue weighted by atomic mass is 32.1. The van der Waals surface area contributed by atoms with Crippen molar-refractivity contribution in [3.63, 3.8) is 0 Å². The number of ketones is 1. The summed E-state index contributed by atoms with van der Waals surface area (Å²) in [4.78, 5) is 12.2. The van der Waals surface area contributed by atoms with Crippen molar-refractivity contribution in [1.29, 1.82) is 0 Å². The first-order valence-electron chi connectivity index (χ1n) is 12.6. The maximum atomic E-state index is 12.2. The molecule has 2 aliphatic rings. The third kappa shape index (κ3) is 6.29. The summed E-state index contributed by atoms with van der Waals surface area (Å²) in [6.45, 7) is 20.5. The molecule has 1 unspecified atom stereocenters. The van der Waals surface area contributed by atoms with Crippen molar-refractivity contribution in [2.45, 2.75) is 118 Å². The molecule has 1 aromatic carbocycles. The molecule has 33 heavy (non-hydrogen) atoms. The van der Waals surface area contributed by atoms with Gasteiger partial charge < -0.3 is 9.84 Å². The van der Waals surface area contributed by atoms with Crippen LogP contribution in [0, 0.1) is 16.7 Å². The van der Waals surface area contributed by atoms with Crippen LogP contribution in [0.15, 0.2) is 12.1 Å². The molecule has 0 radical (unpaired) electrons. The first-order valence-corrected chi connectivity index (χ1v) is 13.5. The van der Waals surface area contributed by atoms with Crippen LogP contribution in [0.2, 0.25) is 0 Å². The van der Waals surface area contributed by atoms with Crippen molar-refractivity contribution >= 4 is 18.4 Å². The molecule has 188 valence electrons. The van der Waals surface area contributed by atoms with E-state index in [1.165, 1.54) is 6.42 Å². The lowest BCUT2D eigenvalue weighted by molar-refractivity contribution is -0.124. The van der Waals surface area contributed by atoms with Crippen LogP contribution in [0.1, 0.15) is 118 Å². The van der Waals surface area contributed by atoms with Gasteiger partial charge in [0, 0.05) is 30.2 Å². The van der Waals surface area contributed by atoms with Gasteiger partial charge in [0.15, 0.2) is 0 Å². The lowest BCUT2D eigenvalue weighted by atomic mass is 9.64. The smallest absolute Gasteiger partial charge is 0.133 e. The molecule has 0 aromatic heterocycles. The predicted octanol–water partition coefficient (Wildman–Crippen LogP) is 8.08. The van der Waals surface area contributed by atoms with Gasteiger partial charge in [0.2, 0.25) is 0 Å². The number of hydrogen-bond donors (Lipinski definition) is 2. The van der Waals surface area contributed by atoms with Gasteiger partial charge in [-0.15, -0.1) is 0 Å². The normalized spacial score (nSPS) is 22.5. The summed E-state index contributed by atoms with van der Waals surface area (Å²) in [6, 6.07) is 4.09. The summed E-state index contributed by atoms with van der Waals surface area (Å²) in [6.07, 6.45) is 7.02. The number of hydrogen-bond acceptors (Lipinski definition) is 4. The Morgan fingerprint density at radius 2 is 1.67 bits per heavy atom. The molecule has 1 N–H and O–H groups in total. The van der Waals surface area contributed by atoms with E-state index in [9.17, 15) is 9.90 Å². The lowest BCUT2D eigenvalue weighted by Gasteiger charge is -2.47. The summed E-state index contributed by atoms with van der Waals surface area (Å²) >= 11 is 3.53. The average molecular weight is 477 g/mol. The third-order valence-electron chi connectivity index (χ3n) is 8.04. The van der Waals surface area contributed by atoms with E-state index in [2.05, 4.69) is 81.0 Å². The number of benzene rings is 1. The zero-order valence-electron chi connectivity index (χ0n) is 22.8. The molecule has 4 heteroatoms. The Balaban J connectivity index is 0.00000187. The fourth-order valence-corrected chi connectivity index (χ4v) is 6.74. The minimum Gasteiger partial charge on any atom is -0.508 e. The number of aromatic hydroxyl groups is 1. The van der Waals surface area contributed by atoms with E-state index in [1.807, 2.05) is 6.07 Å². The van der Waals surface area contributed by atoms with Crippen molar-refractivity contribution < 1.29 is 14.6 Å². The topological polar surface area (TPSA) is 46.5 Å². The van der Waals surface area contributed by atoms with Crippen LogP contribution in [0.4, 0.5) is 0 Å². The van der Waals surface area contributed by atoms with Crippen molar-refractivity contribution in [3.8, 4) is 11.5 Å². The molecular weight excluding hydrogens is 428 g/mol. The van der Waals surface area contributed by atoms with Crippen molar-refractivity contribution in [1.82, 2.24) is 0 Å². The van der Waals surface area contributed by atoms with E-state index in [4.69, 9.17) is 4.74 Å². The van der Waals surface area contributed by atoms with Gasteiger partial charge in [0.25, 0.3) is 0 Å². The third-order valence-corrected chi connectivity index (χ3v) is 8.04. The number of ether oxygens (including phenoxy) is 1. The maximum absolute atomic E-state index is 12.2.